The normalized spacial score (nSPS) is 12.4. The summed E-state index contributed by atoms with van der Waals surface area (Å²) in [6, 6.07) is 17.8. The number of halogens is 1. The van der Waals surface area contributed by atoms with Crippen molar-refractivity contribution in [2.45, 2.75) is 12.5 Å². The van der Waals surface area contributed by atoms with Crippen LogP contribution in [0, 0.1) is 0 Å². The second-order valence-electron chi connectivity index (χ2n) is 6.27. The first-order valence-electron chi connectivity index (χ1n) is 8.54. The van der Waals surface area contributed by atoms with Crippen LogP contribution in [-0.2, 0) is 11.3 Å². The zero-order chi connectivity index (χ0) is 18.8. The quantitative estimate of drug-likeness (QED) is 0.649. The van der Waals surface area contributed by atoms with Crippen LogP contribution < -0.4 is 5.32 Å². The molecule has 1 aromatic heterocycles. The third kappa shape index (κ3) is 3.39. The van der Waals surface area contributed by atoms with E-state index in [4.69, 9.17) is 16.3 Å². The first kappa shape index (κ1) is 17.5. The second kappa shape index (κ2) is 7.39. The maximum atomic E-state index is 12.3. The number of aromatic nitrogens is 1. The Morgan fingerprint density at radius 3 is 2.37 bits per heavy atom. The van der Waals surface area contributed by atoms with Gasteiger partial charge >= 0.3 is 6.09 Å². The minimum atomic E-state index is -0.603. The molecule has 1 heterocycles. The van der Waals surface area contributed by atoms with Gasteiger partial charge in [0.1, 0.15) is 11.8 Å². The molecule has 1 aliphatic carbocycles. The molecule has 27 heavy (non-hydrogen) atoms. The minimum Gasteiger partial charge on any atom is -0.448 e. The third-order valence-electron chi connectivity index (χ3n) is 4.70. The van der Waals surface area contributed by atoms with Gasteiger partial charge in [-0.3, -0.25) is 5.32 Å². The van der Waals surface area contributed by atoms with Gasteiger partial charge in [-0.15, -0.1) is 0 Å². The van der Waals surface area contributed by atoms with Gasteiger partial charge in [-0.25, -0.2) is 9.78 Å². The number of aliphatic hydroxyl groups excluding tert-OH is 1. The van der Waals surface area contributed by atoms with Crippen molar-refractivity contribution >= 4 is 23.4 Å². The van der Waals surface area contributed by atoms with Gasteiger partial charge in [0, 0.05) is 17.7 Å². The third-order valence-corrected chi connectivity index (χ3v) is 4.91. The number of rotatable bonds is 4. The SMILES string of the molecule is O=C(Nc1cc(Cl)ncc1CO)OCC1c2ccccc2-c2ccccc21. The van der Waals surface area contributed by atoms with Gasteiger partial charge in [-0.05, 0) is 28.3 Å². The summed E-state index contributed by atoms with van der Waals surface area (Å²) in [5.41, 5.74) is 5.49. The highest BCUT2D eigenvalue weighted by atomic mass is 35.5. The van der Waals surface area contributed by atoms with Gasteiger partial charge in [0.2, 0.25) is 0 Å². The number of pyridine rings is 1. The largest absolute Gasteiger partial charge is 0.448 e. The number of amides is 1. The zero-order valence-electron chi connectivity index (χ0n) is 14.4. The zero-order valence-corrected chi connectivity index (χ0v) is 15.1. The van der Waals surface area contributed by atoms with Gasteiger partial charge < -0.3 is 9.84 Å². The van der Waals surface area contributed by atoms with E-state index in [1.165, 1.54) is 23.4 Å². The summed E-state index contributed by atoms with van der Waals surface area (Å²) >= 11 is 5.87. The number of ether oxygens (including phenoxy) is 1. The number of aliphatic hydroxyl groups is 1. The molecule has 0 atom stereocenters. The molecule has 2 N–H and O–H groups in total. The predicted molar refractivity (Wildman–Crippen MR) is 104 cm³/mol. The number of carbonyl (C=O) groups is 1. The van der Waals surface area contributed by atoms with E-state index in [-0.39, 0.29) is 24.3 Å². The summed E-state index contributed by atoms with van der Waals surface area (Å²) in [6.45, 7) is -0.0453. The lowest BCUT2D eigenvalue weighted by Gasteiger charge is -2.15. The molecule has 0 bridgehead atoms. The Morgan fingerprint density at radius 1 is 1.11 bits per heavy atom. The number of carbonyl (C=O) groups excluding carboxylic acids is 1. The number of fused-ring (bicyclic) bond motifs is 3. The molecule has 0 saturated carbocycles. The monoisotopic (exact) mass is 380 g/mol. The predicted octanol–water partition coefficient (Wildman–Crippen LogP) is 4.59. The Hall–Kier alpha value is -2.89. The number of hydrogen-bond donors (Lipinski definition) is 2. The van der Waals surface area contributed by atoms with Gasteiger partial charge in [0.25, 0.3) is 0 Å². The highest BCUT2D eigenvalue weighted by molar-refractivity contribution is 6.29. The van der Waals surface area contributed by atoms with Crippen molar-refractivity contribution in [2.24, 2.45) is 0 Å². The fraction of sp³-hybridized carbons (Fsp3) is 0.143. The highest BCUT2D eigenvalue weighted by Gasteiger charge is 2.29. The number of nitrogens with one attached hydrogen (secondary N) is 1. The average molecular weight is 381 g/mol. The topological polar surface area (TPSA) is 71.5 Å². The molecule has 2 aromatic carbocycles. The Balaban J connectivity index is 1.51. The fourth-order valence-corrected chi connectivity index (χ4v) is 3.60. The van der Waals surface area contributed by atoms with E-state index < -0.39 is 6.09 Å². The van der Waals surface area contributed by atoms with Crippen LogP contribution in [-0.4, -0.2) is 22.8 Å². The van der Waals surface area contributed by atoms with Gasteiger partial charge in [0.05, 0.1) is 12.3 Å². The molecule has 0 fully saturated rings. The minimum absolute atomic E-state index is 0.0125. The van der Waals surface area contributed by atoms with Crippen LogP contribution >= 0.6 is 11.6 Å². The van der Waals surface area contributed by atoms with E-state index >= 15 is 0 Å². The first-order valence-corrected chi connectivity index (χ1v) is 8.92. The average Bonchev–Trinajstić information content (AvgIpc) is 3.00. The molecule has 0 spiro atoms. The van der Waals surface area contributed by atoms with Crippen LogP contribution in [0.5, 0.6) is 0 Å². The van der Waals surface area contributed by atoms with Crippen molar-refractivity contribution in [1.82, 2.24) is 4.98 Å². The summed E-state index contributed by atoms with van der Waals surface area (Å²) in [5, 5.41) is 12.2. The molecule has 1 aliphatic rings. The summed E-state index contributed by atoms with van der Waals surface area (Å²) in [5.74, 6) is -0.0125. The molecule has 6 heteroatoms. The van der Waals surface area contributed by atoms with Gasteiger partial charge in [-0.1, -0.05) is 60.1 Å². The standard InChI is InChI=1S/C21H17ClN2O3/c22-20-9-19(13(11-25)10-23-20)24-21(26)27-12-18-16-7-3-1-5-14(16)15-6-2-4-8-17(15)18/h1-10,18,25H,11-12H2,(H,23,24,26). The molecular formula is C21H17ClN2O3. The molecule has 136 valence electrons. The van der Waals surface area contributed by atoms with E-state index in [1.54, 1.807) is 0 Å². The van der Waals surface area contributed by atoms with E-state index in [2.05, 4.69) is 34.6 Å². The van der Waals surface area contributed by atoms with E-state index in [0.717, 1.165) is 11.1 Å². The summed E-state index contributed by atoms with van der Waals surface area (Å²) in [4.78, 5) is 16.2. The summed E-state index contributed by atoms with van der Waals surface area (Å²) in [6.07, 6.45) is 0.815. The Kier molecular flexibility index (Phi) is 4.79. The lowest BCUT2D eigenvalue weighted by atomic mass is 9.98. The van der Waals surface area contributed by atoms with Crippen LogP contribution in [0.2, 0.25) is 5.15 Å². The number of hydrogen-bond acceptors (Lipinski definition) is 4. The molecule has 3 aromatic rings. The van der Waals surface area contributed by atoms with Crippen LogP contribution in [0.15, 0.2) is 60.8 Å². The van der Waals surface area contributed by atoms with Gasteiger partial charge in [-0.2, -0.15) is 0 Å². The molecule has 1 amide bonds. The fourth-order valence-electron chi connectivity index (χ4n) is 3.45. The lowest BCUT2D eigenvalue weighted by molar-refractivity contribution is 0.158. The van der Waals surface area contributed by atoms with E-state index in [9.17, 15) is 9.90 Å². The van der Waals surface area contributed by atoms with Crippen LogP contribution in [0.1, 0.15) is 22.6 Å². The van der Waals surface area contributed by atoms with Crippen molar-refractivity contribution in [1.29, 1.82) is 0 Å². The number of anilines is 1. The van der Waals surface area contributed by atoms with Crippen molar-refractivity contribution in [3.8, 4) is 11.1 Å². The summed E-state index contributed by atoms with van der Waals surface area (Å²) < 4.78 is 5.49. The van der Waals surface area contributed by atoms with Gasteiger partial charge in [0.15, 0.2) is 0 Å². The number of benzene rings is 2. The van der Waals surface area contributed by atoms with Crippen LogP contribution in [0.4, 0.5) is 10.5 Å². The maximum Gasteiger partial charge on any atom is 0.411 e. The second-order valence-corrected chi connectivity index (χ2v) is 6.66. The Bertz CT molecular complexity index is 961. The van der Waals surface area contributed by atoms with E-state index in [0.29, 0.717) is 11.3 Å². The lowest BCUT2D eigenvalue weighted by Crippen LogP contribution is -2.18. The Labute approximate surface area is 161 Å². The van der Waals surface area contributed by atoms with Crippen molar-refractivity contribution in [2.75, 3.05) is 11.9 Å². The first-order chi connectivity index (χ1) is 13.2. The Morgan fingerprint density at radius 2 is 1.74 bits per heavy atom. The maximum absolute atomic E-state index is 12.3. The van der Waals surface area contributed by atoms with Crippen molar-refractivity contribution in [3.63, 3.8) is 0 Å². The smallest absolute Gasteiger partial charge is 0.411 e. The van der Waals surface area contributed by atoms with E-state index in [1.807, 2.05) is 24.3 Å². The molecule has 0 aliphatic heterocycles. The summed E-state index contributed by atoms with van der Waals surface area (Å²) in [7, 11) is 0. The molecule has 5 nitrogen and oxygen atoms in total. The van der Waals surface area contributed by atoms with Crippen LogP contribution in [0.25, 0.3) is 11.1 Å². The molecular weight excluding hydrogens is 364 g/mol. The molecule has 4 rings (SSSR count). The molecule has 0 radical (unpaired) electrons. The molecule has 0 unspecified atom stereocenters. The molecule has 0 saturated heterocycles. The highest BCUT2D eigenvalue weighted by Crippen LogP contribution is 2.44. The van der Waals surface area contributed by atoms with Crippen LogP contribution in [0.3, 0.4) is 0 Å². The number of nitrogens with zero attached hydrogens (tertiary/aromatic N) is 1. The van der Waals surface area contributed by atoms with Crippen molar-refractivity contribution in [3.05, 3.63) is 82.6 Å². The van der Waals surface area contributed by atoms with Crippen molar-refractivity contribution < 1.29 is 14.6 Å².